The van der Waals surface area contributed by atoms with Crippen LogP contribution in [0.3, 0.4) is 0 Å². The highest BCUT2D eigenvalue weighted by atomic mass is 15.2. The van der Waals surface area contributed by atoms with E-state index in [4.69, 9.17) is 0 Å². The quantitative estimate of drug-likeness (QED) is 0.844. The lowest BCUT2D eigenvalue weighted by Gasteiger charge is -2.35. The molecule has 0 amide bonds. The van der Waals surface area contributed by atoms with Crippen LogP contribution in [0.5, 0.6) is 0 Å². The SMILES string of the molecule is Cc1ccc2c(c1)cc1n2CCN(CC(C)N2CCCCCC2)C1. The molecule has 1 saturated heterocycles. The molecule has 4 rings (SSSR count). The Balaban J connectivity index is 1.45. The molecule has 130 valence electrons. The average Bonchev–Trinajstić information content (AvgIpc) is 2.74. The first-order valence-electron chi connectivity index (χ1n) is 9.76. The molecule has 1 unspecified atom stereocenters. The topological polar surface area (TPSA) is 11.4 Å². The third-order valence-electron chi connectivity index (χ3n) is 5.95. The highest BCUT2D eigenvalue weighted by Gasteiger charge is 2.23. The Labute approximate surface area is 146 Å². The molecule has 2 aliphatic heterocycles. The standard InChI is InChI=1S/C21H31N3/c1-17-7-8-21-19(13-17)14-20-16-22(11-12-24(20)21)15-18(2)23-9-5-3-4-6-10-23/h7-8,13-14,18H,3-6,9-12,15-16H2,1-2H3. The van der Waals surface area contributed by atoms with Crippen LogP contribution >= 0.6 is 0 Å². The monoisotopic (exact) mass is 325 g/mol. The highest BCUT2D eigenvalue weighted by molar-refractivity contribution is 5.82. The summed E-state index contributed by atoms with van der Waals surface area (Å²) in [5.41, 5.74) is 4.26. The molecule has 0 radical (unpaired) electrons. The third kappa shape index (κ3) is 3.25. The summed E-state index contributed by atoms with van der Waals surface area (Å²) >= 11 is 0. The van der Waals surface area contributed by atoms with Crippen molar-refractivity contribution in [2.75, 3.05) is 26.2 Å². The van der Waals surface area contributed by atoms with Crippen molar-refractivity contribution in [1.82, 2.24) is 14.4 Å². The molecule has 0 bridgehead atoms. The smallest absolute Gasteiger partial charge is 0.0483 e. The summed E-state index contributed by atoms with van der Waals surface area (Å²) in [6.45, 7) is 11.8. The lowest BCUT2D eigenvalue weighted by atomic mass is 10.2. The molecule has 0 N–H and O–H groups in total. The van der Waals surface area contributed by atoms with Gasteiger partial charge in [0, 0.05) is 48.8 Å². The van der Waals surface area contributed by atoms with Gasteiger partial charge >= 0.3 is 0 Å². The number of aryl methyl sites for hydroxylation is 1. The first kappa shape index (κ1) is 16.2. The minimum Gasteiger partial charge on any atom is -0.342 e. The van der Waals surface area contributed by atoms with Gasteiger partial charge in [-0.3, -0.25) is 9.80 Å². The second-order valence-corrected chi connectivity index (χ2v) is 7.88. The van der Waals surface area contributed by atoms with Gasteiger partial charge in [-0.1, -0.05) is 24.5 Å². The fourth-order valence-corrected chi connectivity index (χ4v) is 4.57. The van der Waals surface area contributed by atoms with E-state index in [9.17, 15) is 0 Å². The molecule has 0 spiro atoms. The molecule has 0 saturated carbocycles. The largest absolute Gasteiger partial charge is 0.342 e. The number of hydrogen-bond donors (Lipinski definition) is 0. The number of benzene rings is 1. The van der Waals surface area contributed by atoms with Crippen LogP contribution in [-0.4, -0.2) is 46.6 Å². The van der Waals surface area contributed by atoms with Crippen molar-refractivity contribution < 1.29 is 0 Å². The third-order valence-corrected chi connectivity index (χ3v) is 5.95. The van der Waals surface area contributed by atoms with Crippen molar-refractivity contribution in [2.24, 2.45) is 0 Å². The molecule has 3 nitrogen and oxygen atoms in total. The van der Waals surface area contributed by atoms with Crippen LogP contribution in [0.1, 0.15) is 43.9 Å². The number of fused-ring (bicyclic) bond motifs is 3. The van der Waals surface area contributed by atoms with Crippen LogP contribution in [0.25, 0.3) is 10.9 Å². The van der Waals surface area contributed by atoms with E-state index in [1.807, 2.05) is 0 Å². The van der Waals surface area contributed by atoms with Gasteiger partial charge in [0.2, 0.25) is 0 Å². The zero-order valence-corrected chi connectivity index (χ0v) is 15.3. The van der Waals surface area contributed by atoms with Crippen LogP contribution in [0.4, 0.5) is 0 Å². The fraction of sp³-hybridized carbons (Fsp3) is 0.619. The molecule has 24 heavy (non-hydrogen) atoms. The number of rotatable bonds is 3. The zero-order valence-electron chi connectivity index (χ0n) is 15.3. The van der Waals surface area contributed by atoms with Gasteiger partial charge in [-0.25, -0.2) is 0 Å². The van der Waals surface area contributed by atoms with Gasteiger partial charge < -0.3 is 4.57 Å². The Hall–Kier alpha value is -1.32. The van der Waals surface area contributed by atoms with Crippen LogP contribution in [-0.2, 0) is 13.1 Å². The van der Waals surface area contributed by atoms with E-state index in [0.717, 1.165) is 13.1 Å². The maximum Gasteiger partial charge on any atom is 0.0483 e. The van der Waals surface area contributed by atoms with Crippen LogP contribution in [0, 0.1) is 6.92 Å². The molecule has 1 aromatic carbocycles. The van der Waals surface area contributed by atoms with Crippen molar-refractivity contribution in [2.45, 2.75) is 58.7 Å². The minimum atomic E-state index is 0.682. The van der Waals surface area contributed by atoms with E-state index in [-0.39, 0.29) is 0 Å². The summed E-state index contributed by atoms with van der Waals surface area (Å²) in [5, 5.41) is 1.41. The minimum absolute atomic E-state index is 0.682. The predicted molar refractivity (Wildman–Crippen MR) is 101 cm³/mol. The number of likely N-dealkylation sites (tertiary alicyclic amines) is 1. The van der Waals surface area contributed by atoms with E-state index in [1.165, 1.54) is 74.0 Å². The molecular weight excluding hydrogens is 294 g/mol. The molecule has 1 aromatic heterocycles. The molecular formula is C21H31N3. The van der Waals surface area contributed by atoms with E-state index in [0.29, 0.717) is 6.04 Å². The Morgan fingerprint density at radius 2 is 1.75 bits per heavy atom. The lowest BCUT2D eigenvalue weighted by Crippen LogP contribution is -2.45. The van der Waals surface area contributed by atoms with Gasteiger partial charge in [0.05, 0.1) is 0 Å². The zero-order chi connectivity index (χ0) is 16.5. The first-order valence-corrected chi connectivity index (χ1v) is 9.76. The Kier molecular flexibility index (Phi) is 4.64. The molecule has 1 atom stereocenters. The van der Waals surface area contributed by atoms with E-state index in [1.54, 1.807) is 0 Å². The second kappa shape index (κ2) is 6.89. The highest BCUT2D eigenvalue weighted by Crippen LogP contribution is 2.25. The summed E-state index contributed by atoms with van der Waals surface area (Å²) in [6.07, 6.45) is 5.62. The fourth-order valence-electron chi connectivity index (χ4n) is 4.57. The summed E-state index contributed by atoms with van der Waals surface area (Å²) in [6, 6.07) is 9.95. The molecule has 2 aliphatic rings. The second-order valence-electron chi connectivity index (χ2n) is 7.88. The van der Waals surface area contributed by atoms with Crippen molar-refractivity contribution in [3.8, 4) is 0 Å². The van der Waals surface area contributed by atoms with Crippen LogP contribution < -0.4 is 0 Å². The normalized spacial score (nSPS) is 21.6. The van der Waals surface area contributed by atoms with Crippen molar-refractivity contribution in [1.29, 1.82) is 0 Å². The summed E-state index contributed by atoms with van der Waals surface area (Å²) in [7, 11) is 0. The Bertz CT molecular complexity index is 694. The number of nitrogens with zero attached hydrogens (tertiary/aromatic N) is 3. The van der Waals surface area contributed by atoms with Gasteiger partial charge in [-0.2, -0.15) is 0 Å². The maximum atomic E-state index is 2.72. The van der Waals surface area contributed by atoms with Gasteiger partial charge in [0.15, 0.2) is 0 Å². The van der Waals surface area contributed by atoms with Crippen molar-refractivity contribution >= 4 is 10.9 Å². The van der Waals surface area contributed by atoms with Gasteiger partial charge in [-0.05, 0) is 58.0 Å². The van der Waals surface area contributed by atoms with Crippen molar-refractivity contribution in [3.63, 3.8) is 0 Å². The summed E-state index contributed by atoms with van der Waals surface area (Å²) in [4.78, 5) is 5.39. The first-order chi connectivity index (χ1) is 11.7. The Morgan fingerprint density at radius 1 is 0.958 bits per heavy atom. The summed E-state index contributed by atoms with van der Waals surface area (Å²) < 4.78 is 2.53. The van der Waals surface area contributed by atoms with Crippen LogP contribution in [0.15, 0.2) is 24.3 Å². The molecule has 1 fully saturated rings. The summed E-state index contributed by atoms with van der Waals surface area (Å²) in [5.74, 6) is 0. The van der Waals surface area contributed by atoms with E-state index < -0.39 is 0 Å². The van der Waals surface area contributed by atoms with Crippen LogP contribution in [0.2, 0.25) is 0 Å². The molecule has 2 aromatic rings. The van der Waals surface area contributed by atoms with E-state index in [2.05, 4.69) is 52.5 Å². The molecule has 3 heteroatoms. The lowest BCUT2D eigenvalue weighted by molar-refractivity contribution is 0.133. The average molecular weight is 326 g/mol. The number of aromatic nitrogens is 1. The van der Waals surface area contributed by atoms with Gasteiger partial charge in [0.1, 0.15) is 0 Å². The number of hydrogen-bond acceptors (Lipinski definition) is 2. The molecule has 0 aliphatic carbocycles. The molecule has 3 heterocycles. The Morgan fingerprint density at radius 3 is 2.54 bits per heavy atom. The van der Waals surface area contributed by atoms with Gasteiger partial charge in [0.25, 0.3) is 0 Å². The maximum absolute atomic E-state index is 2.72. The van der Waals surface area contributed by atoms with E-state index >= 15 is 0 Å². The van der Waals surface area contributed by atoms with Gasteiger partial charge in [-0.15, -0.1) is 0 Å². The van der Waals surface area contributed by atoms with Crippen molar-refractivity contribution in [3.05, 3.63) is 35.5 Å². The predicted octanol–water partition coefficient (Wildman–Crippen LogP) is 4.03.